The first-order valence-electron chi connectivity index (χ1n) is 9.74. The van der Waals surface area contributed by atoms with Crippen molar-refractivity contribution in [2.45, 2.75) is 52.4 Å². The molecule has 1 saturated carbocycles. The SMILES string of the molecule is Cc1ccc(NC(=O)C2(CNC(=O)C3CCSCC3)CCCC2)cc1C. The second-order valence-electron chi connectivity index (χ2n) is 7.85. The second-order valence-corrected chi connectivity index (χ2v) is 9.07. The summed E-state index contributed by atoms with van der Waals surface area (Å²) in [6.07, 6.45) is 5.72. The van der Waals surface area contributed by atoms with E-state index >= 15 is 0 Å². The van der Waals surface area contributed by atoms with Crippen molar-refractivity contribution in [2.24, 2.45) is 11.3 Å². The Kier molecular flexibility index (Phi) is 6.28. The molecule has 0 spiro atoms. The summed E-state index contributed by atoms with van der Waals surface area (Å²) in [5, 5.41) is 6.22. The average Bonchev–Trinajstić information content (AvgIpc) is 3.14. The van der Waals surface area contributed by atoms with E-state index in [1.54, 1.807) is 0 Å². The summed E-state index contributed by atoms with van der Waals surface area (Å²) in [4.78, 5) is 25.6. The molecule has 0 atom stereocenters. The minimum atomic E-state index is -0.460. The van der Waals surface area contributed by atoms with Gasteiger partial charge in [0.2, 0.25) is 11.8 Å². The third-order valence-electron chi connectivity index (χ3n) is 6.00. The van der Waals surface area contributed by atoms with Crippen LogP contribution >= 0.6 is 11.8 Å². The van der Waals surface area contributed by atoms with Crippen LogP contribution in [0.1, 0.15) is 49.7 Å². The van der Waals surface area contributed by atoms with Crippen molar-refractivity contribution in [1.29, 1.82) is 0 Å². The molecule has 3 rings (SSSR count). The molecule has 2 N–H and O–H groups in total. The molecule has 0 unspecified atom stereocenters. The lowest BCUT2D eigenvalue weighted by molar-refractivity contribution is -0.128. The van der Waals surface area contributed by atoms with Crippen LogP contribution in [0.25, 0.3) is 0 Å². The highest BCUT2D eigenvalue weighted by molar-refractivity contribution is 7.99. The maximum Gasteiger partial charge on any atom is 0.232 e. The Morgan fingerprint density at radius 1 is 1.12 bits per heavy atom. The number of anilines is 1. The van der Waals surface area contributed by atoms with Gasteiger partial charge in [0.05, 0.1) is 5.41 Å². The predicted octanol–water partition coefficient (Wildman–Crippen LogP) is 4.06. The Labute approximate surface area is 160 Å². The van der Waals surface area contributed by atoms with Gasteiger partial charge in [-0.05, 0) is 74.3 Å². The third-order valence-corrected chi connectivity index (χ3v) is 7.05. The molecule has 5 heteroatoms. The fourth-order valence-corrected chi connectivity index (χ4v) is 5.09. The van der Waals surface area contributed by atoms with Gasteiger partial charge in [-0.15, -0.1) is 0 Å². The predicted molar refractivity (Wildman–Crippen MR) is 109 cm³/mol. The Hall–Kier alpha value is -1.49. The van der Waals surface area contributed by atoms with E-state index in [9.17, 15) is 9.59 Å². The summed E-state index contributed by atoms with van der Waals surface area (Å²) in [7, 11) is 0. The van der Waals surface area contributed by atoms with Gasteiger partial charge in [0.25, 0.3) is 0 Å². The lowest BCUT2D eigenvalue weighted by Gasteiger charge is -2.29. The Bertz CT molecular complexity index is 662. The van der Waals surface area contributed by atoms with Crippen LogP contribution in [0.15, 0.2) is 18.2 Å². The average molecular weight is 375 g/mol. The number of aryl methyl sites for hydroxylation is 2. The number of carbonyl (C=O) groups excluding carboxylic acids is 2. The molecule has 2 fully saturated rings. The van der Waals surface area contributed by atoms with Crippen LogP contribution in [-0.4, -0.2) is 29.9 Å². The zero-order valence-corrected chi connectivity index (χ0v) is 16.7. The largest absolute Gasteiger partial charge is 0.355 e. The quantitative estimate of drug-likeness (QED) is 0.817. The van der Waals surface area contributed by atoms with E-state index in [0.717, 1.165) is 55.7 Å². The maximum atomic E-state index is 13.1. The topological polar surface area (TPSA) is 58.2 Å². The van der Waals surface area contributed by atoms with Gasteiger partial charge in [0, 0.05) is 18.2 Å². The smallest absolute Gasteiger partial charge is 0.232 e. The molecular formula is C21H30N2O2S. The molecule has 4 nitrogen and oxygen atoms in total. The molecule has 1 heterocycles. The number of hydrogen-bond donors (Lipinski definition) is 2. The van der Waals surface area contributed by atoms with Gasteiger partial charge >= 0.3 is 0 Å². The van der Waals surface area contributed by atoms with Crippen molar-refractivity contribution in [3.63, 3.8) is 0 Å². The first-order valence-corrected chi connectivity index (χ1v) is 10.9. The summed E-state index contributed by atoms with van der Waals surface area (Å²) >= 11 is 1.92. The number of amides is 2. The molecule has 0 bridgehead atoms. The number of thioether (sulfide) groups is 1. The first kappa shape index (κ1) is 19.3. The normalized spacial score (nSPS) is 19.9. The van der Waals surface area contributed by atoms with Crippen molar-refractivity contribution in [2.75, 3.05) is 23.4 Å². The van der Waals surface area contributed by atoms with Crippen molar-refractivity contribution >= 4 is 29.3 Å². The zero-order chi connectivity index (χ0) is 18.6. The molecule has 0 radical (unpaired) electrons. The van der Waals surface area contributed by atoms with Crippen LogP contribution in [-0.2, 0) is 9.59 Å². The van der Waals surface area contributed by atoms with E-state index in [0.29, 0.717) is 6.54 Å². The number of hydrogen-bond acceptors (Lipinski definition) is 3. The van der Waals surface area contributed by atoms with Crippen LogP contribution < -0.4 is 10.6 Å². The molecule has 1 aromatic carbocycles. The van der Waals surface area contributed by atoms with Crippen molar-refractivity contribution in [1.82, 2.24) is 5.32 Å². The van der Waals surface area contributed by atoms with E-state index < -0.39 is 5.41 Å². The molecule has 0 aromatic heterocycles. The van der Waals surface area contributed by atoms with Gasteiger partial charge in [-0.3, -0.25) is 9.59 Å². The summed E-state index contributed by atoms with van der Waals surface area (Å²) in [5.74, 6) is 2.44. The molecule has 1 aromatic rings. The number of carbonyl (C=O) groups is 2. The summed E-state index contributed by atoms with van der Waals surface area (Å²) in [6, 6.07) is 6.02. The van der Waals surface area contributed by atoms with E-state index in [-0.39, 0.29) is 17.7 Å². The summed E-state index contributed by atoms with van der Waals surface area (Å²) in [5.41, 5.74) is 2.78. The van der Waals surface area contributed by atoms with Gasteiger partial charge in [-0.2, -0.15) is 11.8 Å². The van der Waals surface area contributed by atoms with E-state index in [4.69, 9.17) is 0 Å². The van der Waals surface area contributed by atoms with Crippen molar-refractivity contribution in [3.05, 3.63) is 29.3 Å². The number of rotatable bonds is 5. The molecule has 1 aliphatic heterocycles. The van der Waals surface area contributed by atoms with Gasteiger partial charge in [-0.25, -0.2) is 0 Å². The third kappa shape index (κ3) is 4.43. The Balaban J connectivity index is 1.63. The Morgan fingerprint density at radius 3 is 2.46 bits per heavy atom. The van der Waals surface area contributed by atoms with Gasteiger partial charge < -0.3 is 10.6 Å². The molecule has 1 aliphatic carbocycles. The molecular weight excluding hydrogens is 344 g/mol. The summed E-state index contributed by atoms with van der Waals surface area (Å²) in [6.45, 7) is 4.59. The molecule has 2 amide bonds. The van der Waals surface area contributed by atoms with E-state index in [1.807, 2.05) is 30.0 Å². The van der Waals surface area contributed by atoms with E-state index in [2.05, 4.69) is 24.5 Å². The summed E-state index contributed by atoms with van der Waals surface area (Å²) < 4.78 is 0. The minimum absolute atomic E-state index is 0.0535. The molecule has 1 saturated heterocycles. The fourth-order valence-electron chi connectivity index (χ4n) is 3.98. The number of benzene rings is 1. The van der Waals surface area contributed by atoms with Crippen LogP contribution in [0.3, 0.4) is 0 Å². The lowest BCUT2D eigenvalue weighted by atomic mass is 9.84. The van der Waals surface area contributed by atoms with Gasteiger partial charge in [0.15, 0.2) is 0 Å². The molecule has 26 heavy (non-hydrogen) atoms. The highest BCUT2D eigenvalue weighted by Crippen LogP contribution is 2.39. The highest BCUT2D eigenvalue weighted by atomic mass is 32.2. The van der Waals surface area contributed by atoms with Crippen LogP contribution in [0.5, 0.6) is 0 Å². The number of nitrogens with one attached hydrogen (secondary N) is 2. The highest BCUT2D eigenvalue weighted by Gasteiger charge is 2.41. The standard InChI is InChI=1S/C21H30N2O2S/c1-15-5-6-18(13-16(15)2)23-20(25)21(9-3-4-10-21)14-22-19(24)17-7-11-26-12-8-17/h5-6,13,17H,3-4,7-12,14H2,1-2H3,(H,22,24)(H,23,25). The minimum Gasteiger partial charge on any atom is -0.355 e. The van der Waals surface area contributed by atoms with Crippen LogP contribution in [0.4, 0.5) is 5.69 Å². The van der Waals surface area contributed by atoms with Crippen molar-refractivity contribution < 1.29 is 9.59 Å². The van der Waals surface area contributed by atoms with Gasteiger partial charge in [0.1, 0.15) is 0 Å². The van der Waals surface area contributed by atoms with Crippen molar-refractivity contribution in [3.8, 4) is 0 Å². The second kappa shape index (κ2) is 8.47. The maximum absolute atomic E-state index is 13.1. The first-order chi connectivity index (χ1) is 12.5. The Morgan fingerprint density at radius 2 is 1.81 bits per heavy atom. The van der Waals surface area contributed by atoms with E-state index in [1.165, 1.54) is 11.1 Å². The fraction of sp³-hybridized carbons (Fsp3) is 0.619. The lowest BCUT2D eigenvalue weighted by Crippen LogP contribution is -2.46. The molecule has 142 valence electrons. The van der Waals surface area contributed by atoms with Crippen LogP contribution in [0.2, 0.25) is 0 Å². The van der Waals surface area contributed by atoms with Crippen LogP contribution in [0, 0.1) is 25.2 Å². The monoisotopic (exact) mass is 374 g/mol. The van der Waals surface area contributed by atoms with Gasteiger partial charge in [-0.1, -0.05) is 18.9 Å². The zero-order valence-electron chi connectivity index (χ0n) is 15.9. The molecule has 2 aliphatic rings.